The molecule has 7 heteroatoms. The molecule has 1 N–H and O–H groups in total. The van der Waals surface area contributed by atoms with Crippen LogP contribution < -0.4 is 5.32 Å². The number of amides is 1. The minimum absolute atomic E-state index is 0.0487. The van der Waals surface area contributed by atoms with E-state index in [-0.39, 0.29) is 18.4 Å². The van der Waals surface area contributed by atoms with Gasteiger partial charge in [-0.15, -0.1) is 0 Å². The number of ether oxygens (including phenoxy) is 1. The van der Waals surface area contributed by atoms with Crippen LogP contribution in [0.2, 0.25) is 10.0 Å². The van der Waals surface area contributed by atoms with Crippen LogP contribution in [-0.4, -0.2) is 36.5 Å². The van der Waals surface area contributed by atoms with Gasteiger partial charge in [-0.3, -0.25) is 14.5 Å². The third-order valence-electron chi connectivity index (χ3n) is 4.37. The second kappa shape index (κ2) is 8.08. The van der Waals surface area contributed by atoms with Crippen molar-refractivity contribution in [2.75, 3.05) is 19.0 Å². The highest BCUT2D eigenvalue weighted by molar-refractivity contribution is 6.36. The number of methoxy groups -OCH3 is 1. The molecule has 2 aromatic rings. The van der Waals surface area contributed by atoms with E-state index in [0.717, 1.165) is 11.1 Å². The fraction of sp³-hybridized carbons (Fsp3) is 0.263. The number of carbonyl (C=O) groups is 2. The Labute approximate surface area is 161 Å². The van der Waals surface area contributed by atoms with Crippen molar-refractivity contribution in [3.63, 3.8) is 0 Å². The molecule has 0 saturated heterocycles. The van der Waals surface area contributed by atoms with Crippen LogP contribution in [0.5, 0.6) is 0 Å². The first-order valence-electron chi connectivity index (χ1n) is 8.11. The molecule has 1 unspecified atom stereocenters. The first-order chi connectivity index (χ1) is 12.5. The minimum Gasteiger partial charge on any atom is -0.468 e. The Morgan fingerprint density at radius 1 is 1.19 bits per heavy atom. The standard InChI is InChI=1S/C19H18Cl2N2O3/c1-26-19(25)17-8-12-4-2-3-5-13(12)10-23(17)11-18(24)22-16-7-6-14(20)9-15(16)21/h2-7,9,17H,8,10-11H2,1H3,(H,22,24). The zero-order chi connectivity index (χ0) is 18.7. The first-order valence-corrected chi connectivity index (χ1v) is 8.87. The van der Waals surface area contributed by atoms with E-state index in [1.54, 1.807) is 18.2 Å². The average molecular weight is 393 g/mol. The predicted molar refractivity (Wildman–Crippen MR) is 101 cm³/mol. The molecule has 1 heterocycles. The van der Waals surface area contributed by atoms with Gasteiger partial charge in [-0.2, -0.15) is 0 Å². The molecule has 1 amide bonds. The molecule has 3 rings (SSSR count). The summed E-state index contributed by atoms with van der Waals surface area (Å²) in [5, 5.41) is 3.62. The van der Waals surface area contributed by atoms with Gasteiger partial charge in [0, 0.05) is 11.6 Å². The van der Waals surface area contributed by atoms with Crippen LogP contribution in [0.1, 0.15) is 11.1 Å². The molecular formula is C19H18Cl2N2O3. The highest BCUT2D eigenvalue weighted by Gasteiger charge is 2.33. The minimum atomic E-state index is -0.499. The molecule has 26 heavy (non-hydrogen) atoms. The highest BCUT2D eigenvalue weighted by Crippen LogP contribution is 2.26. The molecule has 0 aliphatic carbocycles. The maximum Gasteiger partial charge on any atom is 0.323 e. The van der Waals surface area contributed by atoms with Gasteiger partial charge in [-0.1, -0.05) is 47.5 Å². The Bertz CT molecular complexity index is 841. The van der Waals surface area contributed by atoms with Crippen molar-refractivity contribution in [2.45, 2.75) is 19.0 Å². The lowest BCUT2D eigenvalue weighted by Crippen LogP contribution is -2.49. The molecule has 136 valence electrons. The summed E-state index contributed by atoms with van der Waals surface area (Å²) in [5.74, 6) is -0.612. The van der Waals surface area contributed by atoms with Gasteiger partial charge in [0.15, 0.2) is 0 Å². The van der Waals surface area contributed by atoms with Crippen LogP contribution in [0.4, 0.5) is 5.69 Å². The van der Waals surface area contributed by atoms with E-state index in [1.807, 2.05) is 29.2 Å². The van der Waals surface area contributed by atoms with Gasteiger partial charge in [0.1, 0.15) is 6.04 Å². The molecule has 0 spiro atoms. The third-order valence-corrected chi connectivity index (χ3v) is 4.92. The van der Waals surface area contributed by atoms with Crippen LogP contribution in [0.3, 0.4) is 0 Å². The Balaban J connectivity index is 1.75. The second-order valence-electron chi connectivity index (χ2n) is 6.09. The zero-order valence-corrected chi connectivity index (χ0v) is 15.7. The maximum atomic E-state index is 12.5. The summed E-state index contributed by atoms with van der Waals surface area (Å²) in [6.07, 6.45) is 0.512. The fourth-order valence-electron chi connectivity index (χ4n) is 3.08. The van der Waals surface area contributed by atoms with E-state index < -0.39 is 6.04 Å². The summed E-state index contributed by atoms with van der Waals surface area (Å²) in [6.45, 7) is 0.546. The van der Waals surface area contributed by atoms with E-state index >= 15 is 0 Å². The van der Waals surface area contributed by atoms with Gasteiger partial charge in [-0.25, -0.2) is 0 Å². The summed E-state index contributed by atoms with van der Waals surface area (Å²) < 4.78 is 4.92. The number of halogens is 2. The molecular weight excluding hydrogens is 375 g/mol. The number of nitrogens with one attached hydrogen (secondary N) is 1. The summed E-state index contributed by atoms with van der Waals surface area (Å²) in [4.78, 5) is 26.5. The van der Waals surface area contributed by atoms with E-state index in [4.69, 9.17) is 27.9 Å². The van der Waals surface area contributed by atoms with Gasteiger partial charge < -0.3 is 10.1 Å². The molecule has 1 atom stereocenters. The topological polar surface area (TPSA) is 58.6 Å². The van der Waals surface area contributed by atoms with E-state index in [0.29, 0.717) is 28.7 Å². The first kappa shape index (κ1) is 18.7. The molecule has 1 aliphatic heterocycles. The highest BCUT2D eigenvalue weighted by atomic mass is 35.5. The van der Waals surface area contributed by atoms with Crippen molar-refractivity contribution in [1.29, 1.82) is 0 Å². The van der Waals surface area contributed by atoms with Gasteiger partial charge in [-0.05, 0) is 35.7 Å². The van der Waals surface area contributed by atoms with Crippen LogP contribution in [0, 0.1) is 0 Å². The lowest BCUT2D eigenvalue weighted by molar-refractivity contribution is -0.148. The number of esters is 1. The van der Waals surface area contributed by atoms with E-state index in [9.17, 15) is 9.59 Å². The second-order valence-corrected chi connectivity index (χ2v) is 6.93. The molecule has 1 aliphatic rings. The van der Waals surface area contributed by atoms with Crippen LogP contribution in [0.25, 0.3) is 0 Å². The molecule has 0 saturated carbocycles. The molecule has 0 bridgehead atoms. The molecule has 0 fully saturated rings. The van der Waals surface area contributed by atoms with Gasteiger partial charge in [0.25, 0.3) is 0 Å². The summed E-state index contributed by atoms with van der Waals surface area (Å²) >= 11 is 12.0. The summed E-state index contributed by atoms with van der Waals surface area (Å²) in [6, 6.07) is 12.2. The Hall–Kier alpha value is -2.08. The third kappa shape index (κ3) is 4.18. The van der Waals surface area contributed by atoms with Gasteiger partial charge >= 0.3 is 5.97 Å². The summed E-state index contributed by atoms with van der Waals surface area (Å²) in [7, 11) is 1.36. The zero-order valence-electron chi connectivity index (χ0n) is 14.2. The predicted octanol–water partition coefficient (Wildman–Crippen LogP) is 3.53. The van der Waals surface area contributed by atoms with Crippen molar-refractivity contribution in [1.82, 2.24) is 4.90 Å². The number of hydrogen-bond acceptors (Lipinski definition) is 4. The molecule has 5 nitrogen and oxygen atoms in total. The molecule has 2 aromatic carbocycles. The van der Waals surface area contributed by atoms with Crippen molar-refractivity contribution >= 4 is 40.8 Å². The molecule has 0 aromatic heterocycles. The number of carbonyl (C=O) groups excluding carboxylic acids is 2. The lowest BCUT2D eigenvalue weighted by Gasteiger charge is -2.34. The van der Waals surface area contributed by atoms with Crippen molar-refractivity contribution in [2.24, 2.45) is 0 Å². The van der Waals surface area contributed by atoms with Crippen molar-refractivity contribution < 1.29 is 14.3 Å². The normalized spacial score (nSPS) is 16.7. The number of anilines is 1. The van der Waals surface area contributed by atoms with E-state index in [1.165, 1.54) is 7.11 Å². The maximum absolute atomic E-state index is 12.5. The Morgan fingerprint density at radius 2 is 1.92 bits per heavy atom. The SMILES string of the molecule is COC(=O)C1Cc2ccccc2CN1CC(=O)Nc1ccc(Cl)cc1Cl. The van der Waals surface area contributed by atoms with Crippen LogP contribution in [-0.2, 0) is 27.3 Å². The number of hydrogen-bond donors (Lipinski definition) is 1. The molecule has 0 radical (unpaired) electrons. The Morgan fingerprint density at radius 3 is 2.62 bits per heavy atom. The largest absolute Gasteiger partial charge is 0.468 e. The Kier molecular flexibility index (Phi) is 5.81. The number of rotatable bonds is 4. The lowest BCUT2D eigenvalue weighted by atomic mass is 9.94. The number of nitrogens with zero attached hydrogens (tertiary/aromatic N) is 1. The fourth-order valence-corrected chi connectivity index (χ4v) is 3.53. The number of fused-ring (bicyclic) bond motifs is 1. The van der Waals surface area contributed by atoms with E-state index in [2.05, 4.69) is 5.32 Å². The van der Waals surface area contributed by atoms with Gasteiger partial charge in [0.2, 0.25) is 5.91 Å². The van der Waals surface area contributed by atoms with Crippen LogP contribution >= 0.6 is 23.2 Å². The van der Waals surface area contributed by atoms with Crippen LogP contribution in [0.15, 0.2) is 42.5 Å². The number of benzene rings is 2. The van der Waals surface area contributed by atoms with Gasteiger partial charge in [0.05, 0.1) is 24.4 Å². The van der Waals surface area contributed by atoms with Crippen molar-refractivity contribution in [3.05, 3.63) is 63.6 Å². The average Bonchev–Trinajstić information content (AvgIpc) is 2.63. The van der Waals surface area contributed by atoms with Crippen molar-refractivity contribution in [3.8, 4) is 0 Å². The summed E-state index contributed by atoms with van der Waals surface area (Å²) in [5.41, 5.74) is 2.68. The quantitative estimate of drug-likeness (QED) is 0.808. The smallest absolute Gasteiger partial charge is 0.323 e. The monoisotopic (exact) mass is 392 g/mol.